The van der Waals surface area contributed by atoms with Gasteiger partial charge in [-0.2, -0.15) is 0 Å². The van der Waals surface area contributed by atoms with Crippen LogP contribution in [0.25, 0.3) is 0 Å². The number of hydrogen-bond acceptors (Lipinski definition) is 2. The molecule has 1 aromatic carbocycles. The molecule has 0 aliphatic rings. The molecule has 1 aromatic rings. The van der Waals surface area contributed by atoms with Gasteiger partial charge in [-0.05, 0) is 30.0 Å². The van der Waals surface area contributed by atoms with E-state index in [0.29, 0.717) is 11.1 Å². The maximum absolute atomic E-state index is 13.4. The molecule has 0 aliphatic carbocycles. The summed E-state index contributed by atoms with van der Waals surface area (Å²) in [6.07, 6.45) is 0. The van der Waals surface area contributed by atoms with Crippen LogP contribution in [0.4, 0.5) is 4.39 Å². The van der Waals surface area contributed by atoms with Gasteiger partial charge in [-0.15, -0.1) is 0 Å². The molecule has 3 heteroatoms. The van der Waals surface area contributed by atoms with Crippen molar-refractivity contribution < 1.29 is 14.6 Å². The van der Waals surface area contributed by atoms with Crippen molar-refractivity contribution in [2.45, 2.75) is 26.7 Å². The number of aryl methyl sites for hydroxylation is 1. The van der Waals surface area contributed by atoms with Gasteiger partial charge in [0.25, 0.3) is 0 Å². The summed E-state index contributed by atoms with van der Waals surface area (Å²) in [5, 5.41) is 18.2. The molecular formula is C10H13FO2. The first-order valence-electron chi connectivity index (χ1n) is 4.16. The van der Waals surface area contributed by atoms with E-state index in [1.807, 2.05) is 13.8 Å². The normalized spacial score (nSPS) is 10.8. The molecule has 72 valence electrons. The zero-order chi connectivity index (χ0) is 10.2. The van der Waals surface area contributed by atoms with Crippen LogP contribution in [-0.2, 0) is 0 Å². The predicted molar refractivity (Wildman–Crippen MR) is 48.6 cm³/mol. The third-order valence-corrected chi connectivity index (χ3v) is 2.04. The Labute approximate surface area is 76.6 Å². The lowest BCUT2D eigenvalue weighted by Gasteiger charge is -2.12. The van der Waals surface area contributed by atoms with Crippen LogP contribution in [0.15, 0.2) is 6.07 Å². The highest BCUT2D eigenvalue weighted by atomic mass is 19.1. The van der Waals surface area contributed by atoms with Crippen molar-refractivity contribution in [3.05, 3.63) is 23.0 Å². The Morgan fingerprint density at radius 3 is 2.31 bits per heavy atom. The Bertz CT molecular complexity index is 332. The van der Waals surface area contributed by atoms with Gasteiger partial charge in [0, 0.05) is 0 Å². The van der Waals surface area contributed by atoms with Gasteiger partial charge in [0.1, 0.15) is 0 Å². The van der Waals surface area contributed by atoms with Crippen molar-refractivity contribution in [1.29, 1.82) is 0 Å². The van der Waals surface area contributed by atoms with Crippen LogP contribution in [0.1, 0.15) is 30.9 Å². The molecule has 2 nitrogen and oxygen atoms in total. The molecule has 0 heterocycles. The summed E-state index contributed by atoms with van der Waals surface area (Å²) in [5.41, 5.74) is 1.11. The van der Waals surface area contributed by atoms with E-state index in [2.05, 4.69) is 0 Å². The summed E-state index contributed by atoms with van der Waals surface area (Å²) in [6, 6.07) is 1.37. The molecule has 0 spiro atoms. The van der Waals surface area contributed by atoms with Crippen molar-refractivity contribution in [1.82, 2.24) is 0 Å². The van der Waals surface area contributed by atoms with Crippen molar-refractivity contribution in [3.63, 3.8) is 0 Å². The Morgan fingerprint density at radius 1 is 1.31 bits per heavy atom. The summed E-state index contributed by atoms with van der Waals surface area (Å²) in [5.74, 6) is -1.78. The SMILES string of the molecule is Cc1cc(O)c(O)c(F)c1C(C)C. The average molecular weight is 184 g/mol. The van der Waals surface area contributed by atoms with Crippen LogP contribution < -0.4 is 0 Å². The van der Waals surface area contributed by atoms with Crippen molar-refractivity contribution >= 4 is 0 Å². The summed E-state index contributed by atoms with van der Waals surface area (Å²) in [4.78, 5) is 0. The highest BCUT2D eigenvalue weighted by Crippen LogP contribution is 2.35. The number of benzene rings is 1. The monoisotopic (exact) mass is 184 g/mol. The van der Waals surface area contributed by atoms with Gasteiger partial charge in [0.05, 0.1) is 0 Å². The number of halogens is 1. The molecule has 0 radical (unpaired) electrons. The molecule has 0 amide bonds. The van der Waals surface area contributed by atoms with Crippen LogP contribution in [0.5, 0.6) is 11.5 Å². The van der Waals surface area contributed by atoms with E-state index in [0.717, 1.165) is 0 Å². The van der Waals surface area contributed by atoms with Gasteiger partial charge < -0.3 is 10.2 Å². The van der Waals surface area contributed by atoms with E-state index >= 15 is 0 Å². The van der Waals surface area contributed by atoms with E-state index < -0.39 is 17.3 Å². The smallest absolute Gasteiger partial charge is 0.194 e. The minimum Gasteiger partial charge on any atom is -0.504 e. The molecule has 2 N–H and O–H groups in total. The second kappa shape index (κ2) is 3.24. The van der Waals surface area contributed by atoms with Gasteiger partial charge in [0.2, 0.25) is 0 Å². The zero-order valence-electron chi connectivity index (χ0n) is 7.93. The topological polar surface area (TPSA) is 40.5 Å². The zero-order valence-corrected chi connectivity index (χ0v) is 7.93. The van der Waals surface area contributed by atoms with Crippen LogP contribution in [-0.4, -0.2) is 10.2 Å². The van der Waals surface area contributed by atoms with Gasteiger partial charge in [-0.1, -0.05) is 13.8 Å². The molecule has 0 bridgehead atoms. The van der Waals surface area contributed by atoms with Crippen molar-refractivity contribution in [2.24, 2.45) is 0 Å². The second-order valence-electron chi connectivity index (χ2n) is 3.44. The van der Waals surface area contributed by atoms with Crippen LogP contribution in [0, 0.1) is 12.7 Å². The first kappa shape index (κ1) is 9.84. The third kappa shape index (κ3) is 1.59. The fraction of sp³-hybridized carbons (Fsp3) is 0.400. The van der Waals surface area contributed by atoms with Gasteiger partial charge in [-0.3, -0.25) is 0 Å². The van der Waals surface area contributed by atoms with Gasteiger partial charge in [-0.25, -0.2) is 4.39 Å². The summed E-state index contributed by atoms with van der Waals surface area (Å²) < 4.78 is 13.4. The maximum Gasteiger partial charge on any atom is 0.194 e. The Balaban J connectivity index is 3.44. The maximum atomic E-state index is 13.4. The van der Waals surface area contributed by atoms with Gasteiger partial charge >= 0.3 is 0 Å². The Morgan fingerprint density at radius 2 is 1.85 bits per heavy atom. The summed E-state index contributed by atoms with van der Waals surface area (Å²) in [7, 11) is 0. The van der Waals surface area contributed by atoms with E-state index in [1.54, 1.807) is 6.92 Å². The third-order valence-electron chi connectivity index (χ3n) is 2.04. The van der Waals surface area contributed by atoms with E-state index in [4.69, 9.17) is 10.2 Å². The highest BCUT2D eigenvalue weighted by Gasteiger charge is 2.17. The fourth-order valence-corrected chi connectivity index (χ4v) is 1.47. The quantitative estimate of drug-likeness (QED) is 0.659. The lowest BCUT2D eigenvalue weighted by atomic mass is 9.96. The molecule has 0 aliphatic heterocycles. The molecule has 1 rings (SSSR count). The number of aromatic hydroxyl groups is 2. The number of phenols is 2. The van der Waals surface area contributed by atoms with E-state index in [-0.39, 0.29) is 5.92 Å². The van der Waals surface area contributed by atoms with Gasteiger partial charge in [0.15, 0.2) is 17.3 Å². The van der Waals surface area contributed by atoms with Crippen LogP contribution >= 0.6 is 0 Å². The molecule has 0 aromatic heterocycles. The molecule has 13 heavy (non-hydrogen) atoms. The second-order valence-corrected chi connectivity index (χ2v) is 3.44. The number of hydrogen-bond donors (Lipinski definition) is 2. The van der Waals surface area contributed by atoms with E-state index in [9.17, 15) is 4.39 Å². The Hall–Kier alpha value is -1.25. The van der Waals surface area contributed by atoms with Crippen LogP contribution in [0.2, 0.25) is 0 Å². The molecule has 0 unspecified atom stereocenters. The molecule has 0 saturated heterocycles. The molecule has 0 fully saturated rings. The largest absolute Gasteiger partial charge is 0.504 e. The standard InChI is InChI=1S/C10H13FO2/c1-5(2)8-6(3)4-7(12)10(13)9(8)11/h4-5,12-13H,1-3H3. The minimum absolute atomic E-state index is 0.00787. The first-order chi connectivity index (χ1) is 5.95. The molecule has 0 atom stereocenters. The average Bonchev–Trinajstić information content (AvgIpc) is 1.99. The predicted octanol–water partition coefficient (Wildman–Crippen LogP) is 2.67. The summed E-state index contributed by atoms with van der Waals surface area (Å²) in [6.45, 7) is 5.38. The number of phenolic OH excluding ortho intramolecular Hbond substituents is 2. The number of rotatable bonds is 1. The van der Waals surface area contributed by atoms with Crippen molar-refractivity contribution in [3.8, 4) is 11.5 Å². The minimum atomic E-state index is -0.715. The van der Waals surface area contributed by atoms with Crippen molar-refractivity contribution in [2.75, 3.05) is 0 Å². The van der Waals surface area contributed by atoms with E-state index in [1.165, 1.54) is 6.07 Å². The van der Waals surface area contributed by atoms with Crippen LogP contribution in [0.3, 0.4) is 0 Å². The lowest BCUT2D eigenvalue weighted by molar-refractivity contribution is 0.375. The molecular weight excluding hydrogens is 171 g/mol. The highest BCUT2D eigenvalue weighted by molar-refractivity contribution is 5.47. The lowest BCUT2D eigenvalue weighted by Crippen LogP contribution is -1.97. The summed E-state index contributed by atoms with van der Waals surface area (Å²) >= 11 is 0. The molecule has 0 saturated carbocycles. The fourth-order valence-electron chi connectivity index (χ4n) is 1.47. The first-order valence-corrected chi connectivity index (χ1v) is 4.16. The Kier molecular flexibility index (Phi) is 2.45.